The number of methoxy groups -OCH3 is 2. The van der Waals surface area contributed by atoms with E-state index >= 15 is 0 Å². The van der Waals surface area contributed by atoms with E-state index in [1.807, 2.05) is 0 Å². The second-order valence-electron chi connectivity index (χ2n) is 4.63. The Morgan fingerprint density at radius 1 is 1.28 bits per heavy atom. The van der Waals surface area contributed by atoms with Crippen molar-refractivity contribution < 1.29 is 32.5 Å². The van der Waals surface area contributed by atoms with E-state index in [4.69, 9.17) is 9.47 Å². The van der Waals surface area contributed by atoms with Crippen LogP contribution in [0.5, 0.6) is 11.8 Å². The number of hydrogen-bond donors (Lipinski definition) is 2. The Balaban J connectivity index is 2.40. The summed E-state index contributed by atoms with van der Waals surface area (Å²) in [5, 5.41) is 11.4. The van der Waals surface area contributed by atoms with Gasteiger partial charge < -0.3 is 14.6 Å². The van der Waals surface area contributed by atoms with Crippen molar-refractivity contribution >= 4 is 22.4 Å². The molecule has 2 aromatic heterocycles. The molecule has 0 aliphatic rings. The minimum atomic E-state index is -4.77. The number of rotatable bonds is 5. The average Bonchev–Trinajstić information content (AvgIpc) is 2.98. The largest absolute Gasteiger partial charge is 0.480 e. The predicted octanol–water partition coefficient (Wildman–Crippen LogP) is 2.27. The number of ether oxygens (including phenoxy) is 2. The summed E-state index contributed by atoms with van der Waals surface area (Å²) in [7, 11) is 2.52. The standard InChI is InChI=1S/C13H13F3N4O4S/c1-5(21)7-8(13(14,15)16)19-12(25-7)20-9(22)6-10(23-2)17-4-18-11(6)24-3/h4-5,21H,1-3H3,(H,19,20,22). The molecular formula is C13H13F3N4O4S. The minimum absolute atomic E-state index is 0.118. The third kappa shape index (κ3) is 3.96. The lowest BCUT2D eigenvalue weighted by molar-refractivity contribution is -0.142. The van der Waals surface area contributed by atoms with Crippen molar-refractivity contribution in [2.75, 3.05) is 19.5 Å². The van der Waals surface area contributed by atoms with Gasteiger partial charge >= 0.3 is 6.18 Å². The van der Waals surface area contributed by atoms with Gasteiger partial charge in [-0.3, -0.25) is 10.1 Å². The molecular weight excluding hydrogens is 365 g/mol. The summed E-state index contributed by atoms with van der Waals surface area (Å²) in [5.41, 5.74) is -1.46. The lowest BCUT2D eigenvalue weighted by atomic mass is 10.2. The van der Waals surface area contributed by atoms with Gasteiger partial charge in [0, 0.05) is 0 Å². The van der Waals surface area contributed by atoms with E-state index in [-0.39, 0.29) is 22.5 Å². The summed E-state index contributed by atoms with van der Waals surface area (Å²) in [4.78, 5) is 22.8. The molecule has 0 bridgehead atoms. The number of anilines is 1. The molecule has 8 nitrogen and oxygen atoms in total. The highest BCUT2D eigenvalue weighted by Gasteiger charge is 2.39. The van der Waals surface area contributed by atoms with Crippen molar-refractivity contribution in [3.63, 3.8) is 0 Å². The van der Waals surface area contributed by atoms with Gasteiger partial charge in [-0.25, -0.2) is 15.0 Å². The van der Waals surface area contributed by atoms with Crippen LogP contribution in [0.15, 0.2) is 6.33 Å². The lowest BCUT2D eigenvalue weighted by Gasteiger charge is -2.09. The number of hydrogen-bond acceptors (Lipinski definition) is 8. The van der Waals surface area contributed by atoms with Crippen LogP contribution in [0.25, 0.3) is 0 Å². The number of carbonyl (C=O) groups excluding carboxylic acids is 1. The first-order chi connectivity index (χ1) is 11.7. The summed E-state index contributed by atoms with van der Waals surface area (Å²) in [5.74, 6) is -1.10. The lowest BCUT2D eigenvalue weighted by Crippen LogP contribution is -2.16. The molecule has 1 amide bonds. The number of thiazole rings is 1. The zero-order valence-electron chi connectivity index (χ0n) is 13.2. The van der Waals surface area contributed by atoms with Crippen LogP contribution in [0.1, 0.15) is 34.0 Å². The van der Waals surface area contributed by atoms with Gasteiger partial charge in [0.25, 0.3) is 5.91 Å². The summed E-state index contributed by atoms with van der Waals surface area (Å²) >= 11 is 0.509. The number of alkyl halides is 3. The summed E-state index contributed by atoms with van der Waals surface area (Å²) in [6, 6.07) is 0. The maximum atomic E-state index is 13.0. The van der Waals surface area contributed by atoms with Gasteiger partial charge in [0.1, 0.15) is 6.33 Å². The Bertz CT molecular complexity index is 757. The molecule has 0 fully saturated rings. The van der Waals surface area contributed by atoms with Crippen LogP contribution in [0, 0.1) is 0 Å². The first kappa shape index (κ1) is 18.9. The predicted molar refractivity (Wildman–Crippen MR) is 80.8 cm³/mol. The van der Waals surface area contributed by atoms with Crippen molar-refractivity contribution in [3.8, 4) is 11.8 Å². The van der Waals surface area contributed by atoms with Crippen LogP contribution in [0.3, 0.4) is 0 Å². The first-order valence-corrected chi connectivity index (χ1v) is 7.51. The van der Waals surface area contributed by atoms with E-state index in [2.05, 4.69) is 20.3 Å². The Morgan fingerprint density at radius 2 is 1.84 bits per heavy atom. The van der Waals surface area contributed by atoms with Crippen LogP contribution in [0.2, 0.25) is 0 Å². The van der Waals surface area contributed by atoms with Gasteiger partial charge in [0.05, 0.1) is 25.2 Å². The van der Waals surface area contributed by atoms with Crippen molar-refractivity contribution in [2.45, 2.75) is 19.2 Å². The third-order valence-electron chi connectivity index (χ3n) is 2.91. The molecule has 2 heterocycles. The van der Waals surface area contributed by atoms with Crippen LogP contribution >= 0.6 is 11.3 Å². The molecule has 2 aromatic rings. The Hall–Kier alpha value is -2.47. The van der Waals surface area contributed by atoms with Crippen molar-refractivity contribution in [2.24, 2.45) is 0 Å². The molecule has 1 unspecified atom stereocenters. The molecule has 0 saturated carbocycles. The zero-order chi connectivity index (χ0) is 18.8. The van der Waals surface area contributed by atoms with Gasteiger partial charge in [-0.05, 0) is 6.92 Å². The van der Waals surface area contributed by atoms with E-state index < -0.39 is 28.8 Å². The van der Waals surface area contributed by atoms with E-state index in [1.165, 1.54) is 21.1 Å². The van der Waals surface area contributed by atoms with Crippen LogP contribution in [-0.2, 0) is 6.18 Å². The molecule has 2 rings (SSSR count). The SMILES string of the molecule is COc1ncnc(OC)c1C(=O)Nc1nc(C(F)(F)F)c(C(C)O)s1. The third-order valence-corrected chi connectivity index (χ3v) is 4.05. The van der Waals surface area contributed by atoms with Gasteiger partial charge in [-0.15, -0.1) is 0 Å². The van der Waals surface area contributed by atoms with Crippen molar-refractivity contribution in [1.82, 2.24) is 15.0 Å². The molecule has 1 atom stereocenters. The number of aromatic nitrogens is 3. The number of aliphatic hydroxyl groups excluding tert-OH is 1. The van der Waals surface area contributed by atoms with Gasteiger partial charge in [-0.1, -0.05) is 11.3 Å². The Morgan fingerprint density at radius 3 is 2.24 bits per heavy atom. The molecule has 0 aliphatic carbocycles. The van der Waals surface area contributed by atoms with E-state index in [0.29, 0.717) is 11.3 Å². The number of amides is 1. The van der Waals surface area contributed by atoms with Gasteiger partial charge in [0.2, 0.25) is 11.8 Å². The summed E-state index contributed by atoms with van der Waals surface area (Å²) < 4.78 is 48.8. The number of aliphatic hydroxyl groups is 1. The van der Waals surface area contributed by atoms with Crippen molar-refractivity contribution in [1.29, 1.82) is 0 Å². The molecule has 136 valence electrons. The molecule has 0 radical (unpaired) electrons. The molecule has 25 heavy (non-hydrogen) atoms. The van der Waals surface area contributed by atoms with E-state index in [9.17, 15) is 23.1 Å². The minimum Gasteiger partial charge on any atom is -0.480 e. The molecule has 2 N–H and O–H groups in total. The van der Waals surface area contributed by atoms with Crippen LogP contribution in [-0.4, -0.2) is 40.2 Å². The average molecular weight is 378 g/mol. The Kier molecular flexibility index (Phi) is 5.42. The molecule has 0 aliphatic heterocycles. The zero-order valence-corrected chi connectivity index (χ0v) is 14.0. The topological polar surface area (TPSA) is 106 Å². The number of carbonyl (C=O) groups is 1. The number of nitrogens with one attached hydrogen (secondary N) is 1. The molecule has 0 spiro atoms. The maximum absolute atomic E-state index is 13.0. The summed E-state index contributed by atoms with van der Waals surface area (Å²) in [6.07, 6.45) is -5.06. The second-order valence-corrected chi connectivity index (χ2v) is 5.66. The first-order valence-electron chi connectivity index (χ1n) is 6.69. The molecule has 12 heteroatoms. The number of halogens is 3. The fraction of sp³-hybridized carbons (Fsp3) is 0.385. The maximum Gasteiger partial charge on any atom is 0.434 e. The highest BCUT2D eigenvalue weighted by molar-refractivity contribution is 7.16. The quantitative estimate of drug-likeness (QED) is 0.822. The normalized spacial score (nSPS) is 12.6. The fourth-order valence-corrected chi connectivity index (χ4v) is 2.81. The van der Waals surface area contributed by atoms with Gasteiger partial charge in [0.15, 0.2) is 16.4 Å². The smallest absolute Gasteiger partial charge is 0.434 e. The molecule has 0 saturated heterocycles. The fourth-order valence-electron chi connectivity index (χ4n) is 1.89. The molecule has 0 aromatic carbocycles. The monoisotopic (exact) mass is 378 g/mol. The number of nitrogens with zero attached hydrogens (tertiary/aromatic N) is 3. The second kappa shape index (κ2) is 7.19. The highest BCUT2D eigenvalue weighted by atomic mass is 32.1. The van der Waals surface area contributed by atoms with E-state index in [0.717, 1.165) is 6.33 Å². The van der Waals surface area contributed by atoms with Crippen molar-refractivity contribution in [3.05, 3.63) is 22.5 Å². The highest BCUT2D eigenvalue weighted by Crippen LogP contribution is 2.39. The van der Waals surface area contributed by atoms with Crippen LogP contribution in [0.4, 0.5) is 18.3 Å². The Labute approximate surface area is 143 Å². The van der Waals surface area contributed by atoms with Crippen LogP contribution < -0.4 is 14.8 Å². The summed E-state index contributed by atoms with van der Waals surface area (Å²) in [6.45, 7) is 1.17. The van der Waals surface area contributed by atoms with E-state index in [1.54, 1.807) is 0 Å². The van der Waals surface area contributed by atoms with Gasteiger partial charge in [-0.2, -0.15) is 13.2 Å².